The van der Waals surface area contributed by atoms with Crippen molar-refractivity contribution in [2.45, 2.75) is 33.6 Å². The second kappa shape index (κ2) is 8.81. The van der Waals surface area contributed by atoms with Crippen LogP contribution in [0.3, 0.4) is 0 Å². The topological polar surface area (TPSA) is 81.7 Å². The molecule has 0 aliphatic heterocycles. The molecule has 22 heavy (non-hydrogen) atoms. The number of carbonyl (C=O) groups is 3. The molecule has 0 radical (unpaired) electrons. The van der Waals surface area contributed by atoms with Crippen LogP contribution in [0.2, 0.25) is 0 Å². The van der Waals surface area contributed by atoms with Crippen LogP contribution in [0, 0.1) is 6.92 Å². The van der Waals surface area contributed by atoms with Gasteiger partial charge in [-0.05, 0) is 32.9 Å². The van der Waals surface area contributed by atoms with E-state index < -0.39 is 11.9 Å². The van der Waals surface area contributed by atoms with Crippen LogP contribution in [0.5, 0.6) is 0 Å². The van der Waals surface area contributed by atoms with E-state index in [2.05, 4.69) is 5.32 Å². The quantitative estimate of drug-likeness (QED) is 0.782. The first-order chi connectivity index (χ1) is 10.5. The van der Waals surface area contributed by atoms with Gasteiger partial charge >= 0.3 is 11.9 Å². The first-order valence-corrected chi connectivity index (χ1v) is 7.21. The highest BCUT2D eigenvalue weighted by Gasteiger charge is 2.15. The van der Waals surface area contributed by atoms with E-state index in [1.165, 1.54) is 0 Å². The summed E-state index contributed by atoms with van der Waals surface area (Å²) in [5, 5.41) is 2.63. The number of carbonyl (C=O) groups excluding carboxylic acids is 3. The Morgan fingerprint density at radius 1 is 1.05 bits per heavy atom. The maximum absolute atomic E-state index is 11.9. The zero-order valence-corrected chi connectivity index (χ0v) is 13.1. The molecule has 0 spiro atoms. The summed E-state index contributed by atoms with van der Waals surface area (Å²) in [5.74, 6) is -1.28. The number of amides is 1. The Morgan fingerprint density at radius 2 is 1.73 bits per heavy atom. The molecule has 0 aromatic heterocycles. The highest BCUT2D eigenvalue weighted by Crippen LogP contribution is 2.19. The van der Waals surface area contributed by atoms with Crippen LogP contribution in [0.1, 0.15) is 42.6 Å². The van der Waals surface area contributed by atoms with Crippen LogP contribution in [0.15, 0.2) is 18.2 Å². The highest BCUT2D eigenvalue weighted by atomic mass is 16.5. The zero-order chi connectivity index (χ0) is 16.5. The summed E-state index contributed by atoms with van der Waals surface area (Å²) >= 11 is 0. The van der Waals surface area contributed by atoms with Crippen LogP contribution >= 0.6 is 0 Å². The molecule has 0 saturated heterocycles. The highest BCUT2D eigenvalue weighted by molar-refractivity contribution is 6.01. The largest absolute Gasteiger partial charge is 0.466 e. The minimum absolute atomic E-state index is 0.000272. The molecule has 1 rings (SSSR count). The lowest BCUT2D eigenvalue weighted by Crippen LogP contribution is -2.17. The molecule has 0 unspecified atom stereocenters. The number of hydrogen-bond donors (Lipinski definition) is 1. The molecule has 0 fully saturated rings. The molecular weight excluding hydrogens is 286 g/mol. The van der Waals surface area contributed by atoms with E-state index in [1.807, 2.05) is 6.92 Å². The van der Waals surface area contributed by atoms with Crippen molar-refractivity contribution in [3.63, 3.8) is 0 Å². The lowest BCUT2D eigenvalue weighted by Gasteiger charge is -2.11. The summed E-state index contributed by atoms with van der Waals surface area (Å²) in [5.41, 5.74) is 1.55. The minimum Gasteiger partial charge on any atom is -0.466 e. The molecule has 0 bridgehead atoms. The van der Waals surface area contributed by atoms with E-state index >= 15 is 0 Å². The van der Waals surface area contributed by atoms with E-state index in [0.717, 1.165) is 5.56 Å². The van der Waals surface area contributed by atoms with Gasteiger partial charge in [-0.2, -0.15) is 0 Å². The van der Waals surface area contributed by atoms with Crippen molar-refractivity contribution >= 4 is 23.5 Å². The fraction of sp³-hybridized carbons (Fsp3) is 0.438. The monoisotopic (exact) mass is 307 g/mol. The molecule has 0 saturated carbocycles. The van der Waals surface area contributed by atoms with Gasteiger partial charge in [-0.1, -0.05) is 11.6 Å². The summed E-state index contributed by atoms with van der Waals surface area (Å²) in [6.07, 6.45) is -0.00471. The Hall–Kier alpha value is -2.37. The van der Waals surface area contributed by atoms with Crippen LogP contribution in [0.25, 0.3) is 0 Å². The van der Waals surface area contributed by atoms with Crippen molar-refractivity contribution in [1.29, 1.82) is 0 Å². The Labute approximate surface area is 129 Å². The second-order valence-electron chi connectivity index (χ2n) is 4.62. The standard InChI is InChI=1S/C16H21NO5/c1-4-21-15(19)9-8-14(18)17-13-7-6-11(3)10-12(13)16(20)22-5-2/h6-7,10H,4-5,8-9H2,1-3H3,(H,17,18). The average molecular weight is 307 g/mol. The summed E-state index contributed by atoms with van der Waals surface area (Å²) in [7, 11) is 0. The third kappa shape index (κ3) is 5.55. The number of benzene rings is 1. The predicted octanol–water partition coefficient (Wildman–Crippen LogP) is 2.45. The lowest BCUT2D eigenvalue weighted by molar-refractivity contribution is -0.144. The van der Waals surface area contributed by atoms with Crippen molar-refractivity contribution in [2.75, 3.05) is 18.5 Å². The van der Waals surface area contributed by atoms with Crippen LogP contribution < -0.4 is 5.32 Å². The molecule has 1 aromatic rings. The SMILES string of the molecule is CCOC(=O)CCC(=O)Nc1ccc(C)cc1C(=O)OCC. The molecule has 1 aromatic carbocycles. The van der Waals surface area contributed by atoms with Crippen molar-refractivity contribution in [3.05, 3.63) is 29.3 Å². The van der Waals surface area contributed by atoms with Gasteiger partial charge in [0.15, 0.2) is 0 Å². The Morgan fingerprint density at radius 3 is 2.36 bits per heavy atom. The van der Waals surface area contributed by atoms with E-state index in [0.29, 0.717) is 11.3 Å². The number of esters is 2. The van der Waals surface area contributed by atoms with Crippen LogP contribution in [0.4, 0.5) is 5.69 Å². The maximum atomic E-state index is 11.9. The molecule has 0 heterocycles. The van der Waals surface area contributed by atoms with Crippen molar-refractivity contribution in [2.24, 2.45) is 0 Å². The third-order valence-corrected chi connectivity index (χ3v) is 2.81. The molecular formula is C16H21NO5. The van der Waals surface area contributed by atoms with Gasteiger partial charge in [0.25, 0.3) is 0 Å². The summed E-state index contributed by atoms with van der Waals surface area (Å²) in [4.78, 5) is 35.0. The van der Waals surface area contributed by atoms with Gasteiger partial charge in [-0.25, -0.2) is 4.79 Å². The van der Waals surface area contributed by atoms with Gasteiger partial charge in [0, 0.05) is 6.42 Å². The lowest BCUT2D eigenvalue weighted by atomic mass is 10.1. The molecule has 0 atom stereocenters. The fourth-order valence-corrected chi connectivity index (χ4v) is 1.81. The number of hydrogen-bond acceptors (Lipinski definition) is 5. The number of aryl methyl sites for hydroxylation is 1. The first-order valence-electron chi connectivity index (χ1n) is 7.21. The number of rotatable bonds is 7. The van der Waals surface area contributed by atoms with Crippen molar-refractivity contribution in [1.82, 2.24) is 0 Å². The van der Waals surface area contributed by atoms with Gasteiger partial charge in [0.05, 0.1) is 30.9 Å². The zero-order valence-electron chi connectivity index (χ0n) is 13.1. The summed E-state index contributed by atoms with van der Waals surface area (Å²) < 4.78 is 9.73. The Balaban J connectivity index is 2.74. The van der Waals surface area contributed by atoms with E-state index in [1.54, 1.807) is 32.0 Å². The van der Waals surface area contributed by atoms with Crippen LogP contribution in [-0.4, -0.2) is 31.1 Å². The van der Waals surface area contributed by atoms with Crippen molar-refractivity contribution < 1.29 is 23.9 Å². The Kier molecular flexibility index (Phi) is 7.08. The van der Waals surface area contributed by atoms with Gasteiger partial charge in [0.1, 0.15) is 0 Å². The first kappa shape index (κ1) is 17.7. The summed E-state index contributed by atoms with van der Waals surface area (Å²) in [6.45, 7) is 5.80. The van der Waals surface area contributed by atoms with E-state index in [9.17, 15) is 14.4 Å². The maximum Gasteiger partial charge on any atom is 0.340 e. The second-order valence-corrected chi connectivity index (χ2v) is 4.62. The number of anilines is 1. The normalized spacial score (nSPS) is 9.95. The molecule has 6 nitrogen and oxygen atoms in total. The smallest absolute Gasteiger partial charge is 0.340 e. The molecule has 0 aliphatic carbocycles. The predicted molar refractivity (Wildman–Crippen MR) is 81.6 cm³/mol. The average Bonchev–Trinajstić information content (AvgIpc) is 2.47. The third-order valence-electron chi connectivity index (χ3n) is 2.81. The molecule has 0 aliphatic rings. The van der Waals surface area contributed by atoms with Gasteiger partial charge < -0.3 is 14.8 Å². The molecule has 6 heteroatoms. The van der Waals surface area contributed by atoms with Gasteiger partial charge in [-0.3, -0.25) is 9.59 Å². The number of ether oxygens (including phenoxy) is 2. The Bertz CT molecular complexity index is 553. The van der Waals surface area contributed by atoms with Gasteiger partial charge in [0.2, 0.25) is 5.91 Å². The van der Waals surface area contributed by atoms with Crippen molar-refractivity contribution in [3.8, 4) is 0 Å². The van der Waals surface area contributed by atoms with E-state index in [-0.39, 0.29) is 32.0 Å². The molecule has 1 amide bonds. The molecule has 120 valence electrons. The fourth-order valence-electron chi connectivity index (χ4n) is 1.81. The summed E-state index contributed by atoms with van der Waals surface area (Å²) in [6, 6.07) is 5.08. The van der Waals surface area contributed by atoms with E-state index in [4.69, 9.17) is 9.47 Å². The minimum atomic E-state index is -0.494. The van der Waals surface area contributed by atoms with Gasteiger partial charge in [-0.15, -0.1) is 0 Å². The molecule has 1 N–H and O–H groups in total. The number of nitrogens with one attached hydrogen (secondary N) is 1. The van der Waals surface area contributed by atoms with Crippen LogP contribution in [-0.2, 0) is 19.1 Å².